The summed E-state index contributed by atoms with van der Waals surface area (Å²) in [7, 11) is 0. The van der Waals surface area contributed by atoms with Crippen LogP contribution in [0.3, 0.4) is 0 Å². The predicted octanol–water partition coefficient (Wildman–Crippen LogP) is 1.69. The quantitative estimate of drug-likeness (QED) is 0.911. The minimum Gasteiger partial charge on any atom is -0.482 e. The minimum atomic E-state index is -0.205. The molecule has 1 aromatic heterocycles. The maximum absolute atomic E-state index is 12.8. The van der Waals surface area contributed by atoms with E-state index in [1.807, 2.05) is 21.8 Å². The average molecular weight is 326 g/mol. The van der Waals surface area contributed by atoms with Crippen molar-refractivity contribution in [2.75, 3.05) is 25.0 Å². The third kappa shape index (κ3) is 2.73. The van der Waals surface area contributed by atoms with Crippen molar-refractivity contribution in [1.82, 2.24) is 14.7 Å². The van der Waals surface area contributed by atoms with Crippen molar-refractivity contribution >= 4 is 17.5 Å². The fourth-order valence-corrected chi connectivity index (χ4v) is 3.25. The Hall–Kier alpha value is -2.83. The molecule has 3 heterocycles. The largest absolute Gasteiger partial charge is 0.482 e. The lowest BCUT2D eigenvalue weighted by Crippen LogP contribution is -2.41. The van der Waals surface area contributed by atoms with E-state index in [4.69, 9.17) is 4.74 Å². The average Bonchev–Trinajstić information content (AvgIpc) is 3.15. The monoisotopic (exact) mass is 326 g/mol. The molecule has 2 amide bonds. The van der Waals surface area contributed by atoms with E-state index in [-0.39, 0.29) is 24.5 Å². The minimum absolute atomic E-state index is 0.0119. The molecule has 1 atom stereocenters. The Kier molecular flexibility index (Phi) is 3.68. The number of nitrogens with zero attached hydrogens (tertiary/aromatic N) is 3. The molecule has 0 bridgehead atoms. The molecule has 7 heteroatoms. The van der Waals surface area contributed by atoms with Gasteiger partial charge in [-0.1, -0.05) is 0 Å². The Morgan fingerprint density at radius 1 is 1.38 bits per heavy atom. The zero-order valence-corrected chi connectivity index (χ0v) is 13.1. The van der Waals surface area contributed by atoms with Gasteiger partial charge in [-0.25, -0.2) is 0 Å². The van der Waals surface area contributed by atoms with Gasteiger partial charge >= 0.3 is 0 Å². The molecule has 2 aliphatic rings. The number of hydrogen-bond acceptors (Lipinski definition) is 4. The molecule has 0 saturated carbocycles. The standard InChI is InChI=1S/C17H18N4O3/c22-16-11-24-15-5-4-12(9-14(15)19-16)17(23)20-7-1-3-13(10-20)21-8-2-6-18-21/h2,4-6,8-9,13H,1,3,7,10-11H2,(H,19,22)/t13-/m1/s1. The van der Waals surface area contributed by atoms with Gasteiger partial charge < -0.3 is 15.0 Å². The van der Waals surface area contributed by atoms with Crippen molar-refractivity contribution in [3.63, 3.8) is 0 Å². The van der Waals surface area contributed by atoms with Gasteiger partial charge in [-0.2, -0.15) is 5.10 Å². The SMILES string of the molecule is O=C1COc2ccc(C(=O)N3CCC[C@@H](n4cccn4)C3)cc2N1. The number of carbonyl (C=O) groups excluding carboxylic acids is 2. The van der Waals surface area contributed by atoms with Gasteiger partial charge in [-0.05, 0) is 37.1 Å². The number of amides is 2. The normalized spacial score (nSPS) is 20.1. The highest BCUT2D eigenvalue weighted by atomic mass is 16.5. The second-order valence-corrected chi connectivity index (χ2v) is 6.08. The fourth-order valence-electron chi connectivity index (χ4n) is 3.25. The fraction of sp³-hybridized carbons (Fsp3) is 0.353. The predicted molar refractivity (Wildman–Crippen MR) is 87.0 cm³/mol. The summed E-state index contributed by atoms with van der Waals surface area (Å²) in [6, 6.07) is 7.27. The number of fused-ring (bicyclic) bond motifs is 1. The number of aromatic nitrogens is 2. The molecule has 1 saturated heterocycles. The molecule has 0 radical (unpaired) electrons. The summed E-state index contributed by atoms with van der Waals surface area (Å²) in [4.78, 5) is 26.1. The molecule has 1 aromatic carbocycles. The summed E-state index contributed by atoms with van der Waals surface area (Å²) in [6.45, 7) is 1.38. The van der Waals surface area contributed by atoms with Gasteiger partial charge in [-0.15, -0.1) is 0 Å². The van der Waals surface area contributed by atoms with Gasteiger partial charge in [0.2, 0.25) is 0 Å². The van der Waals surface area contributed by atoms with Crippen molar-refractivity contribution < 1.29 is 14.3 Å². The second-order valence-electron chi connectivity index (χ2n) is 6.08. The zero-order valence-electron chi connectivity index (χ0n) is 13.1. The lowest BCUT2D eigenvalue weighted by molar-refractivity contribution is -0.118. The topological polar surface area (TPSA) is 76.5 Å². The smallest absolute Gasteiger partial charge is 0.262 e. The third-order valence-corrected chi connectivity index (χ3v) is 4.44. The summed E-state index contributed by atoms with van der Waals surface area (Å²) in [5.41, 5.74) is 1.11. The molecule has 0 aliphatic carbocycles. The summed E-state index contributed by atoms with van der Waals surface area (Å²) in [5, 5.41) is 7.03. The van der Waals surface area contributed by atoms with Crippen molar-refractivity contribution in [3.8, 4) is 5.75 Å². The Morgan fingerprint density at radius 3 is 3.12 bits per heavy atom. The van der Waals surface area contributed by atoms with E-state index in [2.05, 4.69) is 10.4 Å². The van der Waals surface area contributed by atoms with Crippen LogP contribution in [0.2, 0.25) is 0 Å². The van der Waals surface area contributed by atoms with Gasteiger partial charge in [0.1, 0.15) is 5.75 Å². The van der Waals surface area contributed by atoms with E-state index in [1.54, 1.807) is 24.4 Å². The number of anilines is 1. The lowest BCUT2D eigenvalue weighted by Gasteiger charge is -2.33. The first-order chi connectivity index (χ1) is 11.7. The summed E-state index contributed by atoms with van der Waals surface area (Å²) >= 11 is 0. The van der Waals surface area contributed by atoms with Crippen LogP contribution in [-0.4, -0.2) is 46.2 Å². The highest BCUT2D eigenvalue weighted by Crippen LogP contribution is 2.30. The van der Waals surface area contributed by atoms with E-state index in [0.717, 1.165) is 19.4 Å². The Morgan fingerprint density at radius 2 is 2.29 bits per heavy atom. The van der Waals surface area contributed by atoms with Crippen LogP contribution in [0.1, 0.15) is 29.2 Å². The molecule has 0 unspecified atom stereocenters. The number of hydrogen-bond donors (Lipinski definition) is 1. The van der Waals surface area contributed by atoms with Crippen LogP contribution < -0.4 is 10.1 Å². The van der Waals surface area contributed by atoms with Gasteiger partial charge in [0.25, 0.3) is 11.8 Å². The number of rotatable bonds is 2. The molecule has 24 heavy (non-hydrogen) atoms. The summed E-state index contributed by atoms with van der Waals surface area (Å²) < 4.78 is 7.25. The molecule has 4 rings (SSSR count). The number of ether oxygens (including phenoxy) is 1. The number of nitrogens with one attached hydrogen (secondary N) is 1. The zero-order chi connectivity index (χ0) is 16.5. The van der Waals surface area contributed by atoms with Crippen molar-refractivity contribution in [1.29, 1.82) is 0 Å². The first kappa shape index (κ1) is 14.7. The highest BCUT2D eigenvalue weighted by molar-refractivity contribution is 5.99. The third-order valence-electron chi connectivity index (χ3n) is 4.44. The van der Waals surface area contributed by atoms with E-state index in [1.165, 1.54) is 0 Å². The number of benzene rings is 1. The Labute approximate surface area is 139 Å². The number of piperidine rings is 1. The highest BCUT2D eigenvalue weighted by Gasteiger charge is 2.26. The molecule has 1 fully saturated rings. The first-order valence-corrected chi connectivity index (χ1v) is 8.06. The van der Waals surface area contributed by atoms with Crippen molar-refractivity contribution in [3.05, 3.63) is 42.2 Å². The van der Waals surface area contributed by atoms with Crippen LogP contribution in [0.15, 0.2) is 36.7 Å². The van der Waals surface area contributed by atoms with E-state index in [9.17, 15) is 9.59 Å². The van der Waals surface area contributed by atoms with Crippen LogP contribution in [0.5, 0.6) is 5.75 Å². The maximum Gasteiger partial charge on any atom is 0.262 e. The van der Waals surface area contributed by atoms with Crippen molar-refractivity contribution in [2.24, 2.45) is 0 Å². The second kappa shape index (κ2) is 5.99. The van der Waals surface area contributed by atoms with Gasteiger partial charge in [0, 0.05) is 31.0 Å². The first-order valence-electron chi connectivity index (χ1n) is 8.06. The summed E-state index contributed by atoms with van der Waals surface area (Å²) in [6.07, 6.45) is 5.65. The molecule has 0 spiro atoms. The van der Waals surface area contributed by atoms with Crippen molar-refractivity contribution in [2.45, 2.75) is 18.9 Å². The van der Waals surface area contributed by atoms with E-state index < -0.39 is 0 Å². The molecule has 2 aromatic rings. The van der Waals surface area contributed by atoms with Crippen LogP contribution in [0.4, 0.5) is 5.69 Å². The molecule has 124 valence electrons. The molecule has 1 N–H and O–H groups in total. The molecule has 2 aliphatic heterocycles. The Balaban J connectivity index is 1.53. The maximum atomic E-state index is 12.8. The number of likely N-dealkylation sites (tertiary alicyclic amines) is 1. The molecule has 7 nitrogen and oxygen atoms in total. The van der Waals surface area contributed by atoms with Gasteiger partial charge in [0.15, 0.2) is 6.61 Å². The Bertz CT molecular complexity index is 772. The van der Waals surface area contributed by atoms with Crippen LogP contribution in [0, 0.1) is 0 Å². The number of carbonyl (C=O) groups is 2. The van der Waals surface area contributed by atoms with Gasteiger partial charge in [-0.3, -0.25) is 14.3 Å². The van der Waals surface area contributed by atoms with Crippen LogP contribution >= 0.6 is 0 Å². The van der Waals surface area contributed by atoms with E-state index in [0.29, 0.717) is 23.5 Å². The lowest BCUT2D eigenvalue weighted by atomic mass is 10.0. The van der Waals surface area contributed by atoms with Crippen LogP contribution in [0.25, 0.3) is 0 Å². The van der Waals surface area contributed by atoms with E-state index >= 15 is 0 Å². The molecular formula is C17H18N4O3. The molecular weight excluding hydrogens is 308 g/mol. The van der Waals surface area contributed by atoms with Gasteiger partial charge in [0.05, 0.1) is 11.7 Å². The summed E-state index contributed by atoms with van der Waals surface area (Å²) in [5.74, 6) is 0.359. The van der Waals surface area contributed by atoms with Crippen LogP contribution in [-0.2, 0) is 4.79 Å².